The van der Waals surface area contributed by atoms with Crippen molar-refractivity contribution >= 4 is 17.3 Å². The standard InChI is InChI=1S/C21H39N5OS/c1-5-25(6-2)11-7-9-18(3)24-21(22-4)23-17-19(20-10-8-16-28-20)26-12-14-27-15-13-26/h8,10,16,18-19H,5-7,9,11-15,17H2,1-4H3,(H2,22,23,24). The van der Waals surface area contributed by atoms with Crippen LogP contribution in [0.25, 0.3) is 0 Å². The van der Waals surface area contributed by atoms with Crippen molar-refractivity contribution in [3.63, 3.8) is 0 Å². The summed E-state index contributed by atoms with van der Waals surface area (Å²) >= 11 is 1.83. The SMILES string of the molecule is CCN(CC)CCCC(C)NC(=NC)NCC(c1cccs1)N1CCOCC1. The number of morpholine rings is 1. The minimum atomic E-state index is 0.362. The molecular formula is C21H39N5OS. The van der Waals surface area contributed by atoms with Crippen molar-refractivity contribution in [1.29, 1.82) is 0 Å². The van der Waals surface area contributed by atoms with Gasteiger partial charge in [-0.25, -0.2) is 0 Å². The summed E-state index contributed by atoms with van der Waals surface area (Å²) in [4.78, 5) is 10.8. The Hall–Kier alpha value is -1.15. The van der Waals surface area contributed by atoms with Gasteiger partial charge in [0, 0.05) is 37.6 Å². The quantitative estimate of drug-likeness (QED) is 0.435. The number of hydrogen-bond donors (Lipinski definition) is 2. The molecule has 0 amide bonds. The Morgan fingerprint density at radius 3 is 2.68 bits per heavy atom. The molecule has 28 heavy (non-hydrogen) atoms. The zero-order chi connectivity index (χ0) is 20.2. The molecule has 0 spiro atoms. The van der Waals surface area contributed by atoms with E-state index in [2.05, 4.69) is 63.7 Å². The molecule has 2 atom stereocenters. The zero-order valence-electron chi connectivity index (χ0n) is 18.1. The zero-order valence-corrected chi connectivity index (χ0v) is 18.9. The number of nitrogens with one attached hydrogen (secondary N) is 2. The molecule has 0 radical (unpaired) electrons. The molecule has 7 heteroatoms. The van der Waals surface area contributed by atoms with Crippen LogP contribution in [-0.4, -0.2) is 81.3 Å². The van der Waals surface area contributed by atoms with Crippen LogP contribution in [0.1, 0.15) is 44.5 Å². The lowest BCUT2D eigenvalue weighted by Gasteiger charge is -2.34. The Morgan fingerprint density at radius 2 is 2.07 bits per heavy atom. The van der Waals surface area contributed by atoms with Crippen molar-refractivity contribution in [2.75, 3.05) is 59.5 Å². The van der Waals surface area contributed by atoms with Gasteiger partial charge in [0.2, 0.25) is 0 Å². The lowest BCUT2D eigenvalue weighted by atomic mass is 10.1. The molecule has 160 valence electrons. The first-order valence-electron chi connectivity index (χ1n) is 10.7. The summed E-state index contributed by atoms with van der Waals surface area (Å²) < 4.78 is 5.54. The van der Waals surface area contributed by atoms with E-state index in [9.17, 15) is 0 Å². The summed E-state index contributed by atoms with van der Waals surface area (Å²) in [5.41, 5.74) is 0. The summed E-state index contributed by atoms with van der Waals surface area (Å²) in [6.45, 7) is 14.6. The van der Waals surface area contributed by atoms with Crippen molar-refractivity contribution in [3.8, 4) is 0 Å². The summed E-state index contributed by atoms with van der Waals surface area (Å²) in [6.07, 6.45) is 2.35. The number of hydrogen-bond acceptors (Lipinski definition) is 5. The van der Waals surface area contributed by atoms with Gasteiger partial charge in [-0.05, 0) is 50.8 Å². The van der Waals surface area contributed by atoms with Crippen LogP contribution in [0.3, 0.4) is 0 Å². The third-order valence-electron chi connectivity index (χ3n) is 5.43. The predicted octanol–water partition coefficient (Wildman–Crippen LogP) is 2.80. The largest absolute Gasteiger partial charge is 0.379 e. The van der Waals surface area contributed by atoms with Gasteiger partial charge in [0.1, 0.15) is 0 Å². The maximum atomic E-state index is 5.54. The molecule has 1 saturated heterocycles. The topological polar surface area (TPSA) is 52.1 Å². The smallest absolute Gasteiger partial charge is 0.191 e. The van der Waals surface area contributed by atoms with Crippen LogP contribution in [0.15, 0.2) is 22.5 Å². The molecule has 2 unspecified atom stereocenters. The molecule has 0 aromatic carbocycles. The van der Waals surface area contributed by atoms with Crippen LogP contribution in [0, 0.1) is 0 Å². The third-order valence-corrected chi connectivity index (χ3v) is 6.41. The average molecular weight is 410 g/mol. The highest BCUT2D eigenvalue weighted by molar-refractivity contribution is 7.10. The van der Waals surface area contributed by atoms with Crippen LogP contribution in [0.4, 0.5) is 0 Å². The maximum Gasteiger partial charge on any atom is 0.191 e. The van der Waals surface area contributed by atoms with Crippen LogP contribution in [-0.2, 0) is 4.74 Å². The predicted molar refractivity (Wildman–Crippen MR) is 120 cm³/mol. The van der Waals surface area contributed by atoms with E-state index in [1.54, 1.807) is 0 Å². The van der Waals surface area contributed by atoms with Gasteiger partial charge in [0.25, 0.3) is 0 Å². The van der Waals surface area contributed by atoms with Gasteiger partial charge in [0.05, 0.1) is 19.3 Å². The number of guanidine groups is 1. The number of nitrogens with zero attached hydrogens (tertiary/aromatic N) is 3. The second-order valence-electron chi connectivity index (χ2n) is 7.35. The summed E-state index contributed by atoms with van der Waals surface area (Å²) in [6, 6.07) is 5.14. The van der Waals surface area contributed by atoms with Crippen molar-refractivity contribution in [2.24, 2.45) is 4.99 Å². The molecule has 2 N–H and O–H groups in total. The van der Waals surface area contributed by atoms with E-state index < -0.39 is 0 Å². The summed E-state index contributed by atoms with van der Waals surface area (Å²) in [5.74, 6) is 0.894. The third kappa shape index (κ3) is 7.70. The van der Waals surface area contributed by atoms with Gasteiger partial charge in [-0.3, -0.25) is 9.89 Å². The van der Waals surface area contributed by atoms with E-state index in [4.69, 9.17) is 4.74 Å². The molecular weight excluding hydrogens is 370 g/mol. The molecule has 1 fully saturated rings. The van der Waals surface area contributed by atoms with Crippen molar-refractivity contribution in [1.82, 2.24) is 20.4 Å². The average Bonchev–Trinajstić information content (AvgIpc) is 3.26. The van der Waals surface area contributed by atoms with Crippen LogP contribution in [0.5, 0.6) is 0 Å². The highest BCUT2D eigenvalue weighted by Crippen LogP contribution is 2.25. The summed E-state index contributed by atoms with van der Waals surface area (Å²) in [5, 5.41) is 9.28. The molecule has 1 aromatic rings. The normalized spacial score (nSPS) is 18.2. The molecule has 0 aliphatic carbocycles. The number of aliphatic imine (C=N–C) groups is 1. The lowest BCUT2D eigenvalue weighted by Crippen LogP contribution is -2.47. The first-order chi connectivity index (χ1) is 13.7. The molecule has 0 saturated carbocycles. The second-order valence-corrected chi connectivity index (χ2v) is 8.33. The number of thiophene rings is 1. The van der Waals surface area contributed by atoms with E-state index in [0.29, 0.717) is 12.1 Å². The summed E-state index contributed by atoms with van der Waals surface area (Å²) in [7, 11) is 1.85. The molecule has 0 bridgehead atoms. The van der Waals surface area contributed by atoms with E-state index in [0.717, 1.165) is 58.3 Å². The van der Waals surface area contributed by atoms with Gasteiger partial charge in [-0.15, -0.1) is 11.3 Å². The fourth-order valence-electron chi connectivity index (χ4n) is 3.63. The van der Waals surface area contributed by atoms with Crippen LogP contribution in [0.2, 0.25) is 0 Å². The van der Waals surface area contributed by atoms with Gasteiger partial charge in [-0.1, -0.05) is 19.9 Å². The van der Waals surface area contributed by atoms with Gasteiger partial charge >= 0.3 is 0 Å². The second kappa shape index (κ2) is 13.1. The van der Waals surface area contributed by atoms with Crippen molar-refractivity contribution in [3.05, 3.63) is 22.4 Å². The first-order valence-corrected chi connectivity index (χ1v) is 11.6. The molecule has 1 aromatic heterocycles. The van der Waals surface area contributed by atoms with Crippen LogP contribution < -0.4 is 10.6 Å². The fraction of sp³-hybridized carbons (Fsp3) is 0.762. The molecule has 1 aliphatic heterocycles. The van der Waals surface area contributed by atoms with Gasteiger partial charge < -0.3 is 20.3 Å². The Kier molecular flexibility index (Phi) is 10.9. The highest BCUT2D eigenvalue weighted by Gasteiger charge is 2.23. The van der Waals surface area contributed by atoms with E-state index in [1.165, 1.54) is 17.8 Å². The Morgan fingerprint density at radius 1 is 1.32 bits per heavy atom. The Bertz CT molecular complexity index is 541. The number of rotatable bonds is 11. The van der Waals surface area contributed by atoms with Crippen molar-refractivity contribution in [2.45, 2.75) is 45.7 Å². The maximum absolute atomic E-state index is 5.54. The molecule has 2 heterocycles. The molecule has 6 nitrogen and oxygen atoms in total. The van der Waals surface area contributed by atoms with E-state index in [-0.39, 0.29) is 0 Å². The minimum absolute atomic E-state index is 0.362. The van der Waals surface area contributed by atoms with Crippen LogP contribution >= 0.6 is 11.3 Å². The van der Waals surface area contributed by atoms with Gasteiger partial charge in [0.15, 0.2) is 5.96 Å². The lowest BCUT2D eigenvalue weighted by molar-refractivity contribution is 0.0177. The highest BCUT2D eigenvalue weighted by atomic mass is 32.1. The van der Waals surface area contributed by atoms with Crippen molar-refractivity contribution < 1.29 is 4.74 Å². The first kappa shape index (κ1) is 23.1. The van der Waals surface area contributed by atoms with E-state index in [1.807, 2.05) is 18.4 Å². The fourth-order valence-corrected chi connectivity index (χ4v) is 4.50. The Labute approximate surface area is 175 Å². The molecule has 1 aliphatic rings. The number of ether oxygens (including phenoxy) is 1. The molecule has 2 rings (SSSR count). The Balaban J connectivity index is 1.81. The minimum Gasteiger partial charge on any atom is -0.379 e. The van der Waals surface area contributed by atoms with E-state index >= 15 is 0 Å². The monoisotopic (exact) mass is 409 g/mol. The van der Waals surface area contributed by atoms with Gasteiger partial charge in [-0.2, -0.15) is 0 Å².